The summed E-state index contributed by atoms with van der Waals surface area (Å²) in [6, 6.07) is 1.39. The van der Waals surface area contributed by atoms with Gasteiger partial charge in [-0.05, 0) is 25.1 Å². The van der Waals surface area contributed by atoms with Crippen molar-refractivity contribution in [2.24, 2.45) is 0 Å². The van der Waals surface area contributed by atoms with Gasteiger partial charge in [0.25, 0.3) is 5.91 Å². The summed E-state index contributed by atoms with van der Waals surface area (Å²) in [6.45, 7) is 1.42. The van der Waals surface area contributed by atoms with Crippen molar-refractivity contribution in [1.29, 1.82) is 0 Å². The van der Waals surface area contributed by atoms with E-state index in [0.29, 0.717) is 12.1 Å². The van der Waals surface area contributed by atoms with Gasteiger partial charge in [-0.1, -0.05) is 22.9 Å². The van der Waals surface area contributed by atoms with E-state index in [-0.39, 0.29) is 46.4 Å². The molecule has 0 aliphatic carbocycles. The zero-order valence-corrected chi connectivity index (χ0v) is 17.7. The molecule has 7 nitrogen and oxygen atoms in total. The smallest absolute Gasteiger partial charge is 0.342 e. The number of hydrogen-bond acceptors (Lipinski definition) is 6. The highest BCUT2D eigenvalue weighted by atomic mass is 35.5. The zero-order valence-electron chi connectivity index (χ0n) is 15.1. The Labute approximate surface area is 185 Å². The molecule has 3 rings (SSSR count). The van der Waals surface area contributed by atoms with E-state index in [2.05, 4.69) is 25.6 Å². The van der Waals surface area contributed by atoms with Crippen molar-refractivity contribution in [3.8, 4) is 5.13 Å². The van der Waals surface area contributed by atoms with Gasteiger partial charge in [-0.2, -0.15) is 49.6 Å². The van der Waals surface area contributed by atoms with Crippen molar-refractivity contribution < 1.29 is 31.1 Å². The molecular weight excluding hydrogens is 494 g/mol. The third-order valence-corrected chi connectivity index (χ3v) is 4.80. The number of nitrogens with one attached hydrogen (secondary N) is 1. The molecule has 0 radical (unpaired) electrons. The molecule has 0 saturated carbocycles. The Morgan fingerprint density at radius 2 is 1.81 bits per heavy atom. The molecule has 3 aromatic rings. The molecule has 2 heterocycles. The average Bonchev–Trinajstić information content (AvgIpc) is 3.29. The third-order valence-electron chi connectivity index (χ3n) is 3.63. The number of benzene rings is 1. The van der Waals surface area contributed by atoms with Crippen LogP contribution in [0.5, 0.6) is 0 Å². The van der Waals surface area contributed by atoms with Gasteiger partial charge in [0.2, 0.25) is 10.1 Å². The maximum absolute atomic E-state index is 12.9. The summed E-state index contributed by atoms with van der Waals surface area (Å²) in [5.41, 5.74) is -1.47. The van der Waals surface area contributed by atoms with Gasteiger partial charge in [-0.25, -0.2) is 4.98 Å². The highest BCUT2D eigenvalue weighted by Gasteiger charge is 2.36. The Morgan fingerprint density at radius 3 is 2.39 bits per heavy atom. The second kappa shape index (κ2) is 9.00. The number of aromatic nitrogens is 5. The van der Waals surface area contributed by atoms with Gasteiger partial charge in [-0.15, -0.1) is 10.2 Å². The number of nitrogens with zero attached hydrogens (tertiary/aromatic N) is 5. The Morgan fingerprint density at radius 1 is 1.13 bits per heavy atom. The maximum Gasteiger partial charge on any atom is 0.445 e. The molecule has 0 fully saturated rings. The van der Waals surface area contributed by atoms with Gasteiger partial charge >= 0.3 is 12.4 Å². The zero-order chi connectivity index (χ0) is 22.3. The SMILES string of the molecule is C[C@H](NC(=O)c1cc(Cl)cc(C(F)(F)F)c1)c1ncnn1-c1nnc(C(F)(F)F)s1.S. The molecule has 1 aromatic carbocycles. The quantitative estimate of drug-likeness (QED) is 0.532. The van der Waals surface area contributed by atoms with Crippen molar-refractivity contribution in [3.05, 3.63) is 51.5 Å². The number of alkyl halides is 6. The summed E-state index contributed by atoms with van der Waals surface area (Å²) in [4.78, 5) is 16.3. The number of hydrogen-bond donors (Lipinski definition) is 1. The second-order valence-electron chi connectivity index (χ2n) is 5.84. The molecule has 0 saturated heterocycles. The third kappa shape index (κ3) is 5.65. The monoisotopic (exact) mass is 504 g/mol. The molecule has 1 N–H and O–H groups in total. The fourth-order valence-corrected chi connectivity index (χ4v) is 3.25. The van der Waals surface area contributed by atoms with Crippen LogP contribution in [0.2, 0.25) is 5.02 Å². The topological polar surface area (TPSA) is 85.6 Å². The first-order chi connectivity index (χ1) is 13.9. The standard InChI is InChI=1S/C15H9ClF6N6OS.H2S/c1-6(25-11(29)7-2-8(14(17,18)19)4-9(16)3-7)10-23-5-24-28(10)13-27-26-12(30-13)15(20,21)22;/h2-6H,1H3,(H,25,29);1H2/t6-;/m0./s1. The highest BCUT2D eigenvalue weighted by molar-refractivity contribution is 7.59. The fourth-order valence-electron chi connectivity index (χ4n) is 2.34. The van der Waals surface area contributed by atoms with Gasteiger partial charge in [0.15, 0.2) is 5.82 Å². The van der Waals surface area contributed by atoms with E-state index >= 15 is 0 Å². The largest absolute Gasteiger partial charge is 0.445 e. The van der Waals surface area contributed by atoms with Crippen LogP contribution in [-0.4, -0.2) is 30.9 Å². The number of amides is 1. The molecule has 168 valence electrons. The molecule has 2 aromatic heterocycles. The van der Waals surface area contributed by atoms with Crippen molar-refractivity contribution in [2.75, 3.05) is 0 Å². The van der Waals surface area contributed by atoms with Crippen LogP contribution in [0.1, 0.15) is 39.7 Å². The van der Waals surface area contributed by atoms with Crippen molar-refractivity contribution in [3.63, 3.8) is 0 Å². The molecule has 0 unspecified atom stereocenters. The van der Waals surface area contributed by atoms with Crippen LogP contribution in [0.25, 0.3) is 5.13 Å². The first-order valence-electron chi connectivity index (χ1n) is 7.86. The molecule has 1 atom stereocenters. The van der Waals surface area contributed by atoms with Gasteiger partial charge in [0.05, 0.1) is 11.6 Å². The van der Waals surface area contributed by atoms with E-state index in [1.165, 1.54) is 6.92 Å². The van der Waals surface area contributed by atoms with Crippen LogP contribution in [0.3, 0.4) is 0 Å². The number of halogens is 7. The lowest BCUT2D eigenvalue weighted by Gasteiger charge is -2.15. The van der Waals surface area contributed by atoms with Crippen LogP contribution in [0.4, 0.5) is 26.3 Å². The second-order valence-corrected chi connectivity index (χ2v) is 7.23. The summed E-state index contributed by atoms with van der Waals surface area (Å²) < 4.78 is 77.9. The number of carbonyl (C=O) groups excluding carboxylic acids is 1. The minimum absolute atomic E-state index is 0. The fraction of sp³-hybridized carbons (Fsp3) is 0.267. The maximum atomic E-state index is 12.9. The molecular formula is C15H11ClF6N6OS2. The van der Waals surface area contributed by atoms with Crippen LogP contribution in [0.15, 0.2) is 24.5 Å². The van der Waals surface area contributed by atoms with Crippen molar-refractivity contribution >= 4 is 42.3 Å². The number of rotatable bonds is 4. The predicted molar refractivity (Wildman–Crippen MR) is 103 cm³/mol. The summed E-state index contributed by atoms with van der Waals surface area (Å²) in [5, 5.41) is 10.9. The molecule has 0 aliphatic rings. The summed E-state index contributed by atoms with van der Waals surface area (Å²) in [5.74, 6) is -0.912. The van der Waals surface area contributed by atoms with Gasteiger partial charge < -0.3 is 5.32 Å². The lowest BCUT2D eigenvalue weighted by molar-refractivity contribution is -0.138. The van der Waals surface area contributed by atoms with E-state index in [0.717, 1.165) is 17.1 Å². The van der Waals surface area contributed by atoms with E-state index < -0.39 is 34.9 Å². The lowest BCUT2D eigenvalue weighted by Crippen LogP contribution is -2.29. The van der Waals surface area contributed by atoms with Crippen LogP contribution in [-0.2, 0) is 12.4 Å². The Balaban J connectivity index is 0.00000341. The van der Waals surface area contributed by atoms with E-state index in [4.69, 9.17) is 11.6 Å². The lowest BCUT2D eigenvalue weighted by atomic mass is 10.1. The van der Waals surface area contributed by atoms with Crippen LogP contribution in [0, 0.1) is 0 Å². The Bertz CT molecular complexity index is 1080. The van der Waals surface area contributed by atoms with Crippen molar-refractivity contribution in [2.45, 2.75) is 25.3 Å². The van der Waals surface area contributed by atoms with Crippen molar-refractivity contribution in [1.82, 2.24) is 30.3 Å². The minimum Gasteiger partial charge on any atom is -0.342 e. The van der Waals surface area contributed by atoms with E-state index in [1.54, 1.807) is 0 Å². The first kappa shape index (κ1) is 24.9. The minimum atomic E-state index is -4.71. The molecule has 0 spiro atoms. The summed E-state index contributed by atoms with van der Waals surface area (Å²) in [6.07, 6.45) is -8.38. The van der Waals surface area contributed by atoms with Crippen LogP contribution >= 0.6 is 36.4 Å². The molecule has 31 heavy (non-hydrogen) atoms. The molecule has 0 bridgehead atoms. The summed E-state index contributed by atoms with van der Waals surface area (Å²) >= 11 is 5.88. The highest BCUT2D eigenvalue weighted by Crippen LogP contribution is 2.33. The van der Waals surface area contributed by atoms with E-state index in [9.17, 15) is 31.1 Å². The van der Waals surface area contributed by atoms with Crippen LogP contribution < -0.4 is 5.32 Å². The first-order valence-corrected chi connectivity index (χ1v) is 9.05. The molecule has 1 amide bonds. The normalized spacial score (nSPS) is 12.9. The average molecular weight is 505 g/mol. The Hall–Kier alpha value is -2.39. The van der Waals surface area contributed by atoms with E-state index in [1.807, 2.05) is 0 Å². The van der Waals surface area contributed by atoms with Gasteiger partial charge in [0, 0.05) is 10.6 Å². The number of carbonyl (C=O) groups is 1. The summed E-state index contributed by atoms with van der Waals surface area (Å²) in [7, 11) is 0. The molecule has 16 heteroatoms. The van der Waals surface area contributed by atoms with Gasteiger partial charge in [-0.3, -0.25) is 4.79 Å². The van der Waals surface area contributed by atoms with Gasteiger partial charge in [0.1, 0.15) is 6.33 Å². The predicted octanol–water partition coefficient (Wildman–Crippen LogP) is 4.41. The Kier molecular flexibility index (Phi) is 7.22. The molecule has 0 aliphatic heterocycles.